The fourth-order valence-electron chi connectivity index (χ4n) is 3.95. The van der Waals surface area contributed by atoms with Gasteiger partial charge in [0.1, 0.15) is 6.04 Å². The molecule has 7 nitrogen and oxygen atoms in total. The highest BCUT2D eigenvalue weighted by Crippen LogP contribution is 2.41. The SMILES string of the molecule is CC(C)CN1CC2(CCN(C(=O)[C@@H]3CNC(=O)N3)CC2)CC1=O. The Bertz CT molecular complexity index is 511. The molecule has 0 radical (unpaired) electrons. The Hall–Kier alpha value is -1.79. The van der Waals surface area contributed by atoms with Crippen LogP contribution >= 0.6 is 0 Å². The zero-order valence-electron chi connectivity index (χ0n) is 13.9. The summed E-state index contributed by atoms with van der Waals surface area (Å²) in [7, 11) is 0. The van der Waals surface area contributed by atoms with Crippen molar-refractivity contribution in [2.45, 2.75) is 39.2 Å². The standard InChI is InChI=1S/C16H26N4O3/c1-11(2)9-20-10-16(7-13(20)21)3-5-19(6-4-16)14(22)12-8-17-15(23)18-12/h11-12H,3-10H2,1-2H3,(H2,17,18,23)/t12-/m0/s1. The molecule has 2 N–H and O–H groups in total. The number of nitrogens with one attached hydrogen (secondary N) is 2. The van der Waals surface area contributed by atoms with Gasteiger partial charge in [0.2, 0.25) is 11.8 Å². The normalized spacial score (nSPS) is 26.8. The molecule has 0 bridgehead atoms. The van der Waals surface area contributed by atoms with Crippen molar-refractivity contribution in [3.8, 4) is 0 Å². The van der Waals surface area contributed by atoms with Crippen LogP contribution in [0.15, 0.2) is 0 Å². The number of hydrogen-bond donors (Lipinski definition) is 2. The van der Waals surface area contributed by atoms with Crippen molar-refractivity contribution >= 4 is 17.8 Å². The Labute approximate surface area is 136 Å². The molecule has 3 fully saturated rings. The lowest BCUT2D eigenvalue weighted by atomic mass is 9.77. The first-order valence-corrected chi connectivity index (χ1v) is 8.49. The van der Waals surface area contributed by atoms with Crippen LogP contribution in [0.1, 0.15) is 33.1 Å². The molecule has 0 aliphatic carbocycles. The van der Waals surface area contributed by atoms with Crippen molar-refractivity contribution in [3.63, 3.8) is 0 Å². The molecule has 1 spiro atoms. The average Bonchev–Trinajstić information content (AvgIpc) is 3.04. The smallest absolute Gasteiger partial charge is 0.315 e. The van der Waals surface area contributed by atoms with Gasteiger partial charge in [-0.15, -0.1) is 0 Å². The topological polar surface area (TPSA) is 81.8 Å². The summed E-state index contributed by atoms with van der Waals surface area (Å²) in [5, 5.41) is 5.26. The summed E-state index contributed by atoms with van der Waals surface area (Å²) in [5.74, 6) is 0.724. The van der Waals surface area contributed by atoms with Gasteiger partial charge in [-0.3, -0.25) is 9.59 Å². The van der Waals surface area contributed by atoms with E-state index in [2.05, 4.69) is 24.5 Å². The van der Waals surface area contributed by atoms with Crippen LogP contribution in [-0.4, -0.2) is 66.4 Å². The maximum atomic E-state index is 12.4. The molecular weight excluding hydrogens is 296 g/mol. The Kier molecular flexibility index (Phi) is 4.21. The van der Waals surface area contributed by atoms with Crippen LogP contribution in [0.4, 0.5) is 4.79 Å². The van der Waals surface area contributed by atoms with Crippen molar-refractivity contribution < 1.29 is 14.4 Å². The van der Waals surface area contributed by atoms with E-state index in [0.717, 1.165) is 25.9 Å². The first-order chi connectivity index (χ1) is 10.9. The second-order valence-corrected chi connectivity index (χ2v) is 7.58. The predicted molar refractivity (Wildman–Crippen MR) is 84.6 cm³/mol. The van der Waals surface area contributed by atoms with Crippen molar-refractivity contribution in [1.82, 2.24) is 20.4 Å². The summed E-state index contributed by atoms with van der Waals surface area (Å²) >= 11 is 0. The summed E-state index contributed by atoms with van der Waals surface area (Å²) in [5.41, 5.74) is 0.0416. The van der Waals surface area contributed by atoms with Gasteiger partial charge in [-0.2, -0.15) is 0 Å². The number of urea groups is 1. The Balaban J connectivity index is 1.55. The maximum Gasteiger partial charge on any atom is 0.315 e. The van der Waals surface area contributed by atoms with Crippen LogP contribution in [0.5, 0.6) is 0 Å². The fraction of sp³-hybridized carbons (Fsp3) is 0.812. The number of nitrogens with zero attached hydrogens (tertiary/aromatic N) is 2. The van der Waals surface area contributed by atoms with Gasteiger partial charge >= 0.3 is 6.03 Å². The van der Waals surface area contributed by atoms with Crippen LogP contribution in [0.25, 0.3) is 0 Å². The van der Waals surface area contributed by atoms with E-state index in [9.17, 15) is 14.4 Å². The first-order valence-electron chi connectivity index (χ1n) is 8.49. The number of carbonyl (C=O) groups is 3. The van der Waals surface area contributed by atoms with Crippen LogP contribution in [0, 0.1) is 11.3 Å². The molecule has 1 atom stereocenters. The van der Waals surface area contributed by atoms with E-state index in [0.29, 0.717) is 32.0 Å². The van der Waals surface area contributed by atoms with E-state index in [1.54, 1.807) is 0 Å². The van der Waals surface area contributed by atoms with Gasteiger partial charge in [-0.1, -0.05) is 13.8 Å². The molecule has 7 heteroatoms. The van der Waals surface area contributed by atoms with Crippen LogP contribution in [0.2, 0.25) is 0 Å². The number of likely N-dealkylation sites (tertiary alicyclic amines) is 2. The average molecular weight is 322 g/mol. The Morgan fingerprint density at radius 1 is 1.30 bits per heavy atom. The molecule has 3 aliphatic heterocycles. The highest BCUT2D eigenvalue weighted by atomic mass is 16.2. The molecule has 0 aromatic rings. The van der Waals surface area contributed by atoms with Gasteiger partial charge in [-0.05, 0) is 18.8 Å². The summed E-state index contributed by atoms with van der Waals surface area (Å²) < 4.78 is 0. The summed E-state index contributed by atoms with van der Waals surface area (Å²) in [6, 6.07) is -0.721. The number of hydrogen-bond acceptors (Lipinski definition) is 3. The number of amides is 4. The second kappa shape index (κ2) is 6.02. The minimum absolute atomic E-state index is 0.0124. The fourth-order valence-corrected chi connectivity index (χ4v) is 3.95. The van der Waals surface area contributed by atoms with E-state index in [1.165, 1.54) is 0 Å². The lowest BCUT2D eigenvalue weighted by molar-refractivity contribution is -0.134. The Morgan fingerprint density at radius 3 is 2.57 bits per heavy atom. The second-order valence-electron chi connectivity index (χ2n) is 7.58. The molecule has 3 heterocycles. The third kappa shape index (κ3) is 3.28. The number of piperidine rings is 1. The molecule has 3 aliphatic rings. The van der Waals surface area contributed by atoms with Crippen LogP contribution in [0.3, 0.4) is 0 Å². The zero-order valence-corrected chi connectivity index (χ0v) is 13.9. The summed E-state index contributed by atoms with van der Waals surface area (Å²) in [6.07, 6.45) is 2.35. The highest BCUT2D eigenvalue weighted by molar-refractivity contribution is 5.90. The lowest BCUT2D eigenvalue weighted by Crippen LogP contribution is -2.50. The molecule has 0 unspecified atom stereocenters. The first kappa shape index (κ1) is 16.1. The van der Waals surface area contributed by atoms with Crippen molar-refractivity contribution in [2.24, 2.45) is 11.3 Å². The molecule has 4 amide bonds. The van der Waals surface area contributed by atoms with Crippen molar-refractivity contribution in [1.29, 1.82) is 0 Å². The van der Waals surface area contributed by atoms with E-state index in [1.807, 2.05) is 9.80 Å². The van der Waals surface area contributed by atoms with Gasteiger partial charge in [0.05, 0.1) is 0 Å². The van der Waals surface area contributed by atoms with Gasteiger partial charge in [-0.25, -0.2) is 4.79 Å². The van der Waals surface area contributed by atoms with Crippen molar-refractivity contribution in [3.05, 3.63) is 0 Å². The molecule has 0 aromatic carbocycles. The molecule has 0 saturated carbocycles. The lowest BCUT2D eigenvalue weighted by Gasteiger charge is -2.39. The molecule has 23 heavy (non-hydrogen) atoms. The monoisotopic (exact) mass is 322 g/mol. The van der Waals surface area contributed by atoms with E-state index in [-0.39, 0.29) is 23.3 Å². The predicted octanol–water partition coefficient (Wildman–Crippen LogP) is 0.165. The van der Waals surface area contributed by atoms with Crippen LogP contribution < -0.4 is 10.6 Å². The minimum atomic E-state index is -0.445. The molecular formula is C16H26N4O3. The van der Waals surface area contributed by atoms with Crippen LogP contribution in [-0.2, 0) is 9.59 Å². The molecule has 3 saturated heterocycles. The number of rotatable bonds is 3. The summed E-state index contributed by atoms with van der Waals surface area (Å²) in [4.78, 5) is 39.6. The van der Waals surface area contributed by atoms with Gasteiger partial charge in [0.25, 0.3) is 0 Å². The Morgan fingerprint density at radius 2 is 2.00 bits per heavy atom. The maximum absolute atomic E-state index is 12.4. The van der Waals surface area contributed by atoms with E-state index >= 15 is 0 Å². The largest absolute Gasteiger partial charge is 0.342 e. The third-order valence-corrected chi connectivity index (χ3v) is 5.20. The van der Waals surface area contributed by atoms with Gasteiger partial charge in [0, 0.05) is 44.6 Å². The van der Waals surface area contributed by atoms with Gasteiger partial charge < -0.3 is 20.4 Å². The number of carbonyl (C=O) groups excluding carboxylic acids is 3. The van der Waals surface area contributed by atoms with E-state index < -0.39 is 6.04 Å². The van der Waals surface area contributed by atoms with Crippen molar-refractivity contribution in [2.75, 3.05) is 32.7 Å². The molecule has 0 aromatic heterocycles. The summed E-state index contributed by atoms with van der Waals surface area (Å²) in [6.45, 7) is 7.62. The third-order valence-electron chi connectivity index (χ3n) is 5.20. The zero-order chi connectivity index (χ0) is 16.6. The van der Waals surface area contributed by atoms with E-state index in [4.69, 9.17) is 0 Å². The minimum Gasteiger partial charge on any atom is -0.342 e. The molecule has 3 rings (SSSR count). The van der Waals surface area contributed by atoms with Gasteiger partial charge in [0.15, 0.2) is 0 Å². The highest BCUT2D eigenvalue weighted by Gasteiger charge is 2.46. The molecule has 128 valence electrons. The quantitative estimate of drug-likeness (QED) is 0.777.